The average molecular weight is 223 g/mol. The summed E-state index contributed by atoms with van der Waals surface area (Å²) in [6.07, 6.45) is 1.60. The normalized spacial score (nSPS) is 14.3. The van der Waals surface area contributed by atoms with E-state index in [0.29, 0.717) is 0 Å². The van der Waals surface area contributed by atoms with Crippen molar-refractivity contribution in [3.63, 3.8) is 0 Å². The Morgan fingerprint density at radius 2 is 2.00 bits per heavy atom. The molecule has 0 aromatic heterocycles. The van der Waals surface area contributed by atoms with Crippen LogP contribution in [0.4, 0.5) is 0 Å². The number of aliphatic carboxylic acids is 1. The highest BCUT2D eigenvalue weighted by molar-refractivity contribution is 7.89. The lowest BCUT2D eigenvalue weighted by Gasteiger charge is -2.22. The SMILES string of the molecule is CCCC(C)N(C)S(=O)(=O)CC(=O)O. The Hall–Kier alpha value is -0.620. The molecule has 0 amide bonds. The highest BCUT2D eigenvalue weighted by Crippen LogP contribution is 2.09. The van der Waals surface area contributed by atoms with Crippen molar-refractivity contribution >= 4 is 16.0 Å². The molecule has 0 spiro atoms. The minimum absolute atomic E-state index is 0.149. The number of carboxylic acids is 1. The van der Waals surface area contributed by atoms with Crippen LogP contribution in [0.3, 0.4) is 0 Å². The summed E-state index contributed by atoms with van der Waals surface area (Å²) in [7, 11) is -2.23. The highest BCUT2D eigenvalue weighted by atomic mass is 32.2. The lowest BCUT2D eigenvalue weighted by Crippen LogP contribution is -2.38. The summed E-state index contributed by atoms with van der Waals surface area (Å²) in [4.78, 5) is 10.3. The van der Waals surface area contributed by atoms with Gasteiger partial charge in [0.2, 0.25) is 10.0 Å². The van der Waals surface area contributed by atoms with Crippen LogP contribution in [-0.4, -0.2) is 42.6 Å². The molecule has 0 fully saturated rings. The van der Waals surface area contributed by atoms with Gasteiger partial charge in [-0.05, 0) is 13.3 Å². The molecule has 0 heterocycles. The van der Waals surface area contributed by atoms with Gasteiger partial charge in [0, 0.05) is 13.1 Å². The topological polar surface area (TPSA) is 74.7 Å². The lowest BCUT2D eigenvalue weighted by atomic mass is 10.2. The molecule has 0 aromatic carbocycles. The molecule has 0 bridgehead atoms. The molecule has 0 aliphatic carbocycles. The predicted octanol–water partition coefficient (Wildman–Crippen LogP) is 0.521. The van der Waals surface area contributed by atoms with E-state index in [-0.39, 0.29) is 6.04 Å². The third-order valence-corrected chi connectivity index (χ3v) is 3.92. The van der Waals surface area contributed by atoms with Gasteiger partial charge < -0.3 is 5.11 Å². The van der Waals surface area contributed by atoms with Gasteiger partial charge >= 0.3 is 5.97 Å². The first-order valence-electron chi connectivity index (χ1n) is 4.48. The van der Waals surface area contributed by atoms with Crippen LogP contribution in [0.2, 0.25) is 0 Å². The van der Waals surface area contributed by atoms with Crippen molar-refractivity contribution in [3.8, 4) is 0 Å². The van der Waals surface area contributed by atoms with E-state index in [2.05, 4.69) is 0 Å². The Morgan fingerprint density at radius 1 is 1.50 bits per heavy atom. The first-order valence-corrected chi connectivity index (χ1v) is 6.09. The Kier molecular flexibility index (Phi) is 5.07. The van der Waals surface area contributed by atoms with Gasteiger partial charge in [0.15, 0.2) is 5.75 Å². The molecule has 0 aliphatic heterocycles. The lowest BCUT2D eigenvalue weighted by molar-refractivity contribution is -0.134. The molecule has 1 N–H and O–H groups in total. The van der Waals surface area contributed by atoms with Gasteiger partial charge in [0.25, 0.3) is 0 Å². The van der Waals surface area contributed by atoms with Crippen molar-refractivity contribution in [1.29, 1.82) is 0 Å². The molecule has 0 aromatic rings. The molecule has 14 heavy (non-hydrogen) atoms. The van der Waals surface area contributed by atoms with E-state index in [4.69, 9.17) is 5.11 Å². The minimum Gasteiger partial charge on any atom is -0.480 e. The molecule has 0 radical (unpaired) electrons. The van der Waals surface area contributed by atoms with E-state index < -0.39 is 21.7 Å². The molecule has 1 unspecified atom stereocenters. The number of carbonyl (C=O) groups is 1. The predicted molar refractivity (Wildman–Crippen MR) is 53.6 cm³/mol. The van der Waals surface area contributed by atoms with Gasteiger partial charge in [-0.15, -0.1) is 0 Å². The zero-order valence-corrected chi connectivity index (χ0v) is 9.54. The van der Waals surface area contributed by atoms with Crippen molar-refractivity contribution in [1.82, 2.24) is 4.31 Å². The summed E-state index contributed by atoms with van der Waals surface area (Å²) in [6.45, 7) is 3.72. The zero-order valence-electron chi connectivity index (χ0n) is 8.73. The smallest absolute Gasteiger partial charge is 0.320 e. The van der Waals surface area contributed by atoms with Crippen LogP contribution >= 0.6 is 0 Å². The van der Waals surface area contributed by atoms with Gasteiger partial charge in [0.1, 0.15) is 0 Å². The fourth-order valence-electron chi connectivity index (χ4n) is 1.13. The van der Waals surface area contributed by atoms with Crippen molar-refractivity contribution < 1.29 is 18.3 Å². The Bertz CT molecular complexity index is 286. The molecule has 6 heteroatoms. The van der Waals surface area contributed by atoms with Gasteiger partial charge in [-0.1, -0.05) is 13.3 Å². The number of hydrogen-bond donors (Lipinski definition) is 1. The second-order valence-corrected chi connectivity index (χ2v) is 5.33. The van der Waals surface area contributed by atoms with Crippen molar-refractivity contribution in [2.24, 2.45) is 0 Å². The molecule has 84 valence electrons. The summed E-state index contributed by atoms with van der Waals surface area (Å²) in [5.74, 6) is -2.15. The molecule has 5 nitrogen and oxygen atoms in total. The van der Waals surface area contributed by atoms with Crippen LogP contribution in [0, 0.1) is 0 Å². The first kappa shape index (κ1) is 13.4. The van der Waals surface area contributed by atoms with Gasteiger partial charge in [-0.2, -0.15) is 0 Å². The maximum Gasteiger partial charge on any atom is 0.320 e. The second-order valence-electron chi connectivity index (χ2n) is 3.30. The fraction of sp³-hybridized carbons (Fsp3) is 0.875. The van der Waals surface area contributed by atoms with Gasteiger partial charge in [-0.3, -0.25) is 4.79 Å². The van der Waals surface area contributed by atoms with Crippen LogP contribution in [-0.2, 0) is 14.8 Å². The van der Waals surface area contributed by atoms with E-state index >= 15 is 0 Å². The summed E-state index contributed by atoms with van der Waals surface area (Å²) >= 11 is 0. The number of sulfonamides is 1. The van der Waals surface area contributed by atoms with E-state index in [1.165, 1.54) is 7.05 Å². The quantitative estimate of drug-likeness (QED) is 0.712. The van der Waals surface area contributed by atoms with Crippen LogP contribution in [0.5, 0.6) is 0 Å². The molecule has 0 rings (SSSR count). The number of rotatable bonds is 6. The maximum absolute atomic E-state index is 11.4. The molecule has 0 saturated heterocycles. The Balaban J connectivity index is 4.50. The number of carboxylic acid groups (broad SMARTS) is 1. The summed E-state index contributed by atoms with van der Waals surface area (Å²) < 4.78 is 23.9. The summed E-state index contributed by atoms with van der Waals surface area (Å²) in [6, 6.07) is -0.149. The van der Waals surface area contributed by atoms with E-state index in [1.807, 2.05) is 6.92 Å². The van der Waals surface area contributed by atoms with E-state index in [0.717, 1.165) is 17.1 Å². The molecule has 1 atom stereocenters. The molecule has 0 saturated carbocycles. The van der Waals surface area contributed by atoms with Crippen molar-refractivity contribution in [2.75, 3.05) is 12.8 Å². The van der Waals surface area contributed by atoms with Gasteiger partial charge in [0.05, 0.1) is 0 Å². The fourth-order valence-corrected chi connectivity index (χ4v) is 2.30. The standard InChI is InChI=1S/C8H17NO4S/c1-4-5-7(2)9(3)14(12,13)6-8(10)11/h7H,4-6H2,1-3H3,(H,10,11). The van der Waals surface area contributed by atoms with Crippen LogP contribution in [0.25, 0.3) is 0 Å². The largest absolute Gasteiger partial charge is 0.480 e. The van der Waals surface area contributed by atoms with E-state index in [9.17, 15) is 13.2 Å². The monoisotopic (exact) mass is 223 g/mol. The summed E-state index contributed by atoms with van der Waals surface area (Å²) in [5, 5.41) is 8.40. The highest BCUT2D eigenvalue weighted by Gasteiger charge is 2.25. The van der Waals surface area contributed by atoms with E-state index in [1.54, 1.807) is 6.92 Å². The van der Waals surface area contributed by atoms with Crippen molar-refractivity contribution in [2.45, 2.75) is 32.7 Å². The molecular formula is C8H17NO4S. The van der Waals surface area contributed by atoms with Gasteiger partial charge in [-0.25, -0.2) is 12.7 Å². The summed E-state index contributed by atoms with van der Waals surface area (Å²) in [5.41, 5.74) is 0. The average Bonchev–Trinajstić information content (AvgIpc) is 2.01. The maximum atomic E-state index is 11.4. The number of nitrogens with zero attached hydrogens (tertiary/aromatic N) is 1. The first-order chi connectivity index (χ1) is 6.31. The second kappa shape index (κ2) is 5.31. The van der Waals surface area contributed by atoms with Crippen LogP contribution in [0.1, 0.15) is 26.7 Å². The molecular weight excluding hydrogens is 206 g/mol. The Morgan fingerprint density at radius 3 is 2.36 bits per heavy atom. The minimum atomic E-state index is -3.65. The van der Waals surface area contributed by atoms with Crippen LogP contribution in [0.15, 0.2) is 0 Å². The number of hydrogen-bond acceptors (Lipinski definition) is 3. The molecule has 0 aliphatic rings. The Labute approximate surface area is 84.8 Å². The van der Waals surface area contributed by atoms with Crippen molar-refractivity contribution in [3.05, 3.63) is 0 Å². The third kappa shape index (κ3) is 4.06. The third-order valence-electron chi connectivity index (χ3n) is 2.07. The van der Waals surface area contributed by atoms with Crippen LogP contribution < -0.4 is 0 Å². The zero-order chi connectivity index (χ0) is 11.4.